The molecule has 1 amide bonds. The Labute approximate surface area is 179 Å². The number of hydrogen-bond donors (Lipinski definition) is 0. The van der Waals surface area contributed by atoms with Gasteiger partial charge in [0.1, 0.15) is 11.9 Å². The first kappa shape index (κ1) is 19.6. The highest BCUT2D eigenvalue weighted by Gasteiger charge is 2.38. The average molecular weight is 406 g/mol. The third-order valence-corrected chi connectivity index (χ3v) is 6.90. The number of carbonyl (C=O) groups excluding carboxylic acids is 1. The first-order chi connectivity index (χ1) is 14.7. The second-order valence-electron chi connectivity index (χ2n) is 8.87. The van der Waals surface area contributed by atoms with Crippen LogP contribution in [0.15, 0.2) is 48.5 Å². The molecule has 0 N–H and O–H groups in total. The van der Waals surface area contributed by atoms with Crippen molar-refractivity contribution in [2.24, 2.45) is 0 Å². The topological polar surface area (TPSA) is 36.0 Å². The maximum atomic E-state index is 12.8. The maximum absolute atomic E-state index is 12.8. The first-order valence-corrected chi connectivity index (χ1v) is 11.3. The smallest absolute Gasteiger partial charge is 0.253 e. The number of carbonyl (C=O) groups is 1. The molecule has 0 radical (unpaired) electrons. The Morgan fingerprint density at radius 3 is 2.33 bits per heavy atom. The molecule has 2 aromatic rings. The summed E-state index contributed by atoms with van der Waals surface area (Å²) in [4.78, 5) is 19.6. The van der Waals surface area contributed by atoms with Crippen molar-refractivity contribution in [3.63, 3.8) is 0 Å². The van der Waals surface area contributed by atoms with Gasteiger partial charge in [-0.2, -0.15) is 0 Å². The molecule has 2 aromatic carbocycles. The summed E-state index contributed by atoms with van der Waals surface area (Å²) in [6, 6.07) is 16.8. The molecule has 0 spiro atoms. The number of likely N-dealkylation sites (N-methyl/N-ethyl adjacent to an activating group) is 1. The summed E-state index contributed by atoms with van der Waals surface area (Å²) in [5.41, 5.74) is 3.46. The summed E-state index contributed by atoms with van der Waals surface area (Å²) in [5.74, 6) is 0.964. The number of nitrogens with zero attached hydrogens (tertiary/aromatic N) is 3. The summed E-state index contributed by atoms with van der Waals surface area (Å²) < 4.78 is 6.55. The lowest BCUT2D eigenvalue weighted by molar-refractivity contribution is 0.0664. The Balaban J connectivity index is 1.31. The van der Waals surface area contributed by atoms with E-state index >= 15 is 0 Å². The SMILES string of the molecule is CN1CCN(C(=O)c2ccc(O[C@H]3c4ccccc4C[C@@H]3N3CCCC3)cc2)CC1. The summed E-state index contributed by atoms with van der Waals surface area (Å²) in [7, 11) is 2.10. The number of ether oxygens (including phenoxy) is 1. The Morgan fingerprint density at radius 2 is 1.60 bits per heavy atom. The molecule has 2 aliphatic heterocycles. The highest BCUT2D eigenvalue weighted by Crippen LogP contribution is 2.39. The van der Waals surface area contributed by atoms with E-state index < -0.39 is 0 Å². The van der Waals surface area contributed by atoms with Gasteiger partial charge in [-0.15, -0.1) is 0 Å². The molecule has 158 valence electrons. The number of fused-ring (bicyclic) bond motifs is 1. The minimum atomic E-state index is 0.0542. The monoisotopic (exact) mass is 405 g/mol. The van der Waals surface area contributed by atoms with Crippen LogP contribution >= 0.6 is 0 Å². The Kier molecular flexibility index (Phi) is 5.48. The van der Waals surface area contributed by atoms with E-state index in [-0.39, 0.29) is 12.0 Å². The van der Waals surface area contributed by atoms with Crippen molar-refractivity contribution in [3.05, 3.63) is 65.2 Å². The van der Waals surface area contributed by atoms with Gasteiger partial charge >= 0.3 is 0 Å². The number of rotatable bonds is 4. The van der Waals surface area contributed by atoms with Gasteiger partial charge in [0.25, 0.3) is 5.91 Å². The van der Waals surface area contributed by atoms with E-state index in [0.29, 0.717) is 6.04 Å². The molecular formula is C25H31N3O2. The molecular weight excluding hydrogens is 374 g/mol. The third-order valence-electron chi connectivity index (χ3n) is 6.90. The molecule has 5 nitrogen and oxygen atoms in total. The molecule has 1 aliphatic carbocycles. The van der Waals surface area contributed by atoms with Gasteiger partial charge in [-0.1, -0.05) is 24.3 Å². The summed E-state index contributed by atoms with van der Waals surface area (Å²) >= 11 is 0. The van der Waals surface area contributed by atoms with Crippen LogP contribution in [0.3, 0.4) is 0 Å². The lowest BCUT2D eigenvalue weighted by Crippen LogP contribution is -2.47. The molecule has 3 aliphatic rings. The summed E-state index contributed by atoms with van der Waals surface area (Å²) in [6.07, 6.45) is 3.67. The van der Waals surface area contributed by atoms with Gasteiger partial charge in [-0.25, -0.2) is 0 Å². The van der Waals surface area contributed by atoms with E-state index in [9.17, 15) is 4.79 Å². The van der Waals surface area contributed by atoms with Gasteiger partial charge < -0.3 is 14.5 Å². The zero-order valence-corrected chi connectivity index (χ0v) is 17.8. The standard InChI is InChI=1S/C25H31N3O2/c1-26-14-16-28(17-15-26)25(29)19-8-10-21(11-9-19)30-24-22-7-3-2-6-20(22)18-23(24)27-12-4-5-13-27/h2-3,6-11,23-24H,4-5,12-18H2,1H3/t23-,24-/m0/s1. The van der Waals surface area contributed by atoms with Gasteiger partial charge in [0.15, 0.2) is 0 Å². The predicted molar refractivity (Wildman–Crippen MR) is 118 cm³/mol. The molecule has 2 saturated heterocycles. The molecule has 0 bridgehead atoms. The van der Waals surface area contributed by atoms with E-state index in [0.717, 1.165) is 57.0 Å². The van der Waals surface area contributed by atoms with Crippen LogP contribution in [0.2, 0.25) is 0 Å². The van der Waals surface area contributed by atoms with E-state index in [1.807, 2.05) is 29.2 Å². The first-order valence-electron chi connectivity index (χ1n) is 11.3. The van der Waals surface area contributed by atoms with Crippen molar-refractivity contribution < 1.29 is 9.53 Å². The Bertz CT molecular complexity index is 884. The van der Waals surface area contributed by atoms with Gasteiger partial charge in [-0.3, -0.25) is 9.69 Å². The van der Waals surface area contributed by atoms with Crippen LogP contribution in [0.1, 0.15) is 40.4 Å². The average Bonchev–Trinajstić information content (AvgIpc) is 3.43. The van der Waals surface area contributed by atoms with Crippen molar-refractivity contribution in [3.8, 4) is 5.75 Å². The van der Waals surface area contributed by atoms with Crippen LogP contribution in [-0.2, 0) is 6.42 Å². The van der Waals surface area contributed by atoms with Crippen LogP contribution in [0.5, 0.6) is 5.75 Å². The zero-order valence-electron chi connectivity index (χ0n) is 17.8. The van der Waals surface area contributed by atoms with Gasteiger partial charge in [-0.05, 0) is 74.8 Å². The van der Waals surface area contributed by atoms with Crippen LogP contribution in [0, 0.1) is 0 Å². The number of likely N-dealkylation sites (tertiary alicyclic amines) is 1. The number of piperazine rings is 1. The van der Waals surface area contributed by atoms with E-state index in [1.54, 1.807) is 0 Å². The molecule has 2 atom stereocenters. The number of amides is 1. The minimum Gasteiger partial charge on any atom is -0.484 e. The van der Waals surface area contributed by atoms with Crippen LogP contribution in [0.4, 0.5) is 0 Å². The molecule has 2 heterocycles. The van der Waals surface area contributed by atoms with E-state index in [2.05, 4.69) is 41.1 Å². The third kappa shape index (κ3) is 3.84. The zero-order chi connectivity index (χ0) is 20.5. The second kappa shape index (κ2) is 8.40. The fourth-order valence-electron chi connectivity index (χ4n) is 5.09. The Morgan fingerprint density at radius 1 is 0.900 bits per heavy atom. The molecule has 5 rings (SSSR count). The summed E-state index contributed by atoms with van der Waals surface area (Å²) in [6.45, 7) is 5.79. The fourth-order valence-corrected chi connectivity index (χ4v) is 5.09. The second-order valence-corrected chi connectivity index (χ2v) is 8.87. The molecule has 5 heteroatoms. The summed E-state index contributed by atoms with van der Waals surface area (Å²) in [5, 5.41) is 0. The molecule has 0 unspecified atom stereocenters. The Hall–Kier alpha value is -2.37. The molecule has 0 aromatic heterocycles. The molecule has 2 fully saturated rings. The normalized spacial score (nSPS) is 24.8. The van der Waals surface area contributed by atoms with Crippen molar-refractivity contribution >= 4 is 5.91 Å². The van der Waals surface area contributed by atoms with Gasteiger partial charge in [0.2, 0.25) is 0 Å². The predicted octanol–water partition coefficient (Wildman–Crippen LogP) is 3.21. The fraction of sp³-hybridized carbons (Fsp3) is 0.480. The van der Waals surface area contributed by atoms with Gasteiger partial charge in [0.05, 0.1) is 6.04 Å². The molecule has 30 heavy (non-hydrogen) atoms. The quantitative estimate of drug-likeness (QED) is 0.783. The van der Waals surface area contributed by atoms with Crippen molar-refractivity contribution in [1.82, 2.24) is 14.7 Å². The lowest BCUT2D eigenvalue weighted by atomic mass is 10.1. The van der Waals surface area contributed by atoms with Crippen LogP contribution in [-0.4, -0.2) is 73.0 Å². The molecule has 0 saturated carbocycles. The van der Waals surface area contributed by atoms with E-state index in [1.165, 1.54) is 24.0 Å². The number of hydrogen-bond acceptors (Lipinski definition) is 4. The van der Waals surface area contributed by atoms with Crippen molar-refractivity contribution in [2.45, 2.75) is 31.4 Å². The van der Waals surface area contributed by atoms with Gasteiger partial charge in [0, 0.05) is 31.7 Å². The highest BCUT2D eigenvalue weighted by molar-refractivity contribution is 5.94. The largest absolute Gasteiger partial charge is 0.484 e. The highest BCUT2D eigenvalue weighted by atomic mass is 16.5. The van der Waals surface area contributed by atoms with Crippen molar-refractivity contribution in [2.75, 3.05) is 46.3 Å². The van der Waals surface area contributed by atoms with Crippen molar-refractivity contribution in [1.29, 1.82) is 0 Å². The van der Waals surface area contributed by atoms with Crippen LogP contribution < -0.4 is 4.74 Å². The number of benzene rings is 2. The van der Waals surface area contributed by atoms with E-state index in [4.69, 9.17) is 4.74 Å². The lowest BCUT2D eigenvalue weighted by Gasteiger charge is -2.32. The maximum Gasteiger partial charge on any atom is 0.253 e. The van der Waals surface area contributed by atoms with Crippen LogP contribution in [0.25, 0.3) is 0 Å². The minimum absolute atomic E-state index is 0.0542.